The van der Waals surface area contributed by atoms with Crippen molar-refractivity contribution in [2.75, 3.05) is 13.2 Å². The van der Waals surface area contributed by atoms with E-state index in [-0.39, 0.29) is 18.5 Å². The van der Waals surface area contributed by atoms with Crippen molar-refractivity contribution in [3.8, 4) is 0 Å². The van der Waals surface area contributed by atoms with Crippen LogP contribution in [0.4, 0.5) is 0 Å². The van der Waals surface area contributed by atoms with Crippen LogP contribution in [0.15, 0.2) is 24.3 Å². The van der Waals surface area contributed by atoms with E-state index in [1.54, 1.807) is 0 Å². The average molecular weight is 917 g/mol. The summed E-state index contributed by atoms with van der Waals surface area (Å²) in [4.78, 5) is 24.6. The Morgan fingerprint density at radius 3 is 1.20 bits per heavy atom. The Bertz CT molecular complexity index is 1010. The molecule has 0 saturated heterocycles. The van der Waals surface area contributed by atoms with Crippen molar-refractivity contribution in [2.45, 2.75) is 328 Å². The van der Waals surface area contributed by atoms with Crippen LogP contribution in [-0.2, 0) is 14.3 Å². The third-order valence-electron chi connectivity index (χ3n) is 13.5. The molecule has 0 radical (unpaired) electrons. The Hall–Kier alpha value is -1.66. The first kappa shape index (κ1) is 63.3. The summed E-state index contributed by atoms with van der Waals surface area (Å²) in [5.74, 6) is -0.0879. The van der Waals surface area contributed by atoms with Gasteiger partial charge in [0.2, 0.25) is 5.91 Å². The van der Waals surface area contributed by atoms with Gasteiger partial charge in [-0.2, -0.15) is 0 Å². The normalized spacial score (nSPS) is 12.7. The van der Waals surface area contributed by atoms with Gasteiger partial charge in [0.25, 0.3) is 0 Å². The van der Waals surface area contributed by atoms with Crippen molar-refractivity contribution >= 4 is 11.9 Å². The molecule has 0 aromatic carbocycles. The Kier molecular flexibility index (Phi) is 53.5. The van der Waals surface area contributed by atoms with Crippen LogP contribution in [0, 0.1) is 0 Å². The molecule has 0 rings (SSSR count). The highest BCUT2D eigenvalue weighted by Gasteiger charge is 2.20. The summed E-state index contributed by atoms with van der Waals surface area (Å²) >= 11 is 0. The van der Waals surface area contributed by atoms with Crippen LogP contribution in [0.25, 0.3) is 0 Å². The Labute approximate surface area is 405 Å². The fraction of sp³-hybridized carbons (Fsp3) is 0.898. The Morgan fingerprint density at radius 1 is 0.431 bits per heavy atom. The van der Waals surface area contributed by atoms with E-state index in [9.17, 15) is 19.8 Å². The lowest BCUT2D eigenvalue weighted by Crippen LogP contribution is -2.45. The minimum atomic E-state index is -0.683. The monoisotopic (exact) mass is 916 g/mol. The number of ether oxygens (including phenoxy) is 1. The number of hydrogen-bond acceptors (Lipinski definition) is 5. The van der Waals surface area contributed by atoms with Gasteiger partial charge in [0.1, 0.15) is 0 Å². The summed E-state index contributed by atoms with van der Waals surface area (Å²) in [6.07, 6.45) is 65.9. The summed E-state index contributed by atoms with van der Waals surface area (Å²) in [5.41, 5.74) is 0. The van der Waals surface area contributed by atoms with Gasteiger partial charge in [0, 0.05) is 12.8 Å². The van der Waals surface area contributed by atoms with Gasteiger partial charge >= 0.3 is 5.97 Å². The van der Waals surface area contributed by atoms with E-state index in [1.807, 2.05) is 0 Å². The van der Waals surface area contributed by atoms with Gasteiger partial charge in [-0.05, 0) is 57.8 Å². The average Bonchev–Trinajstić information content (AvgIpc) is 3.31. The van der Waals surface area contributed by atoms with Crippen LogP contribution in [0.3, 0.4) is 0 Å². The van der Waals surface area contributed by atoms with Gasteiger partial charge in [-0.25, -0.2) is 0 Å². The molecule has 6 nitrogen and oxygen atoms in total. The highest BCUT2D eigenvalue weighted by molar-refractivity contribution is 5.76. The molecule has 0 heterocycles. The lowest BCUT2D eigenvalue weighted by atomic mass is 10.0. The zero-order chi connectivity index (χ0) is 47.2. The molecule has 0 fully saturated rings. The van der Waals surface area contributed by atoms with Gasteiger partial charge < -0.3 is 20.3 Å². The van der Waals surface area contributed by atoms with E-state index in [0.717, 1.165) is 64.2 Å². The number of rotatable bonds is 54. The van der Waals surface area contributed by atoms with E-state index in [4.69, 9.17) is 4.74 Å². The van der Waals surface area contributed by atoms with Gasteiger partial charge in [0.05, 0.1) is 25.4 Å². The maximum Gasteiger partial charge on any atom is 0.305 e. The quantitative estimate of drug-likeness (QED) is 0.0321. The minimum Gasteiger partial charge on any atom is -0.466 e. The van der Waals surface area contributed by atoms with E-state index in [2.05, 4.69) is 43.5 Å². The van der Waals surface area contributed by atoms with Crippen molar-refractivity contribution in [2.24, 2.45) is 0 Å². The summed E-state index contributed by atoms with van der Waals surface area (Å²) in [5, 5.41) is 23.3. The molecule has 0 aliphatic carbocycles. The number of carbonyl (C=O) groups excluding carboxylic acids is 2. The second-order valence-electron chi connectivity index (χ2n) is 20.0. The third kappa shape index (κ3) is 51.6. The molecule has 2 unspecified atom stereocenters. The molecule has 65 heavy (non-hydrogen) atoms. The van der Waals surface area contributed by atoms with E-state index < -0.39 is 12.1 Å². The standard InChI is InChI=1S/C59H113NO5/c1-3-5-7-9-11-13-15-17-19-21-23-25-26-28-30-32-35-39-43-47-51-57(62)56(55-61)60-58(63)52-48-44-40-36-34-38-42-46-50-54-65-59(64)53-49-45-41-37-33-31-29-27-24-22-20-18-16-14-12-10-8-6-4-2/h12,14,18,20,56-57,61-62H,3-11,13,15-17,19,21-55H2,1-2H3,(H,60,63)/b14-12-,20-18-. The van der Waals surface area contributed by atoms with Crippen LogP contribution < -0.4 is 5.32 Å². The van der Waals surface area contributed by atoms with Crippen molar-refractivity contribution in [1.82, 2.24) is 5.32 Å². The number of unbranched alkanes of at least 4 members (excludes halogenated alkanes) is 39. The second kappa shape index (κ2) is 54.9. The fourth-order valence-corrected chi connectivity index (χ4v) is 9.02. The van der Waals surface area contributed by atoms with Crippen LogP contribution in [0.2, 0.25) is 0 Å². The van der Waals surface area contributed by atoms with Gasteiger partial charge in [-0.3, -0.25) is 9.59 Å². The lowest BCUT2D eigenvalue weighted by molar-refractivity contribution is -0.143. The summed E-state index contributed by atoms with van der Waals surface area (Å²) in [7, 11) is 0. The molecular weight excluding hydrogens is 803 g/mol. The highest BCUT2D eigenvalue weighted by atomic mass is 16.5. The van der Waals surface area contributed by atoms with Gasteiger partial charge in [0.15, 0.2) is 0 Å². The Morgan fingerprint density at radius 2 is 0.769 bits per heavy atom. The molecule has 2 atom stereocenters. The first-order valence-corrected chi connectivity index (χ1v) is 29.1. The number of aliphatic hydroxyl groups excluding tert-OH is 2. The molecule has 0 aromatic rings. The predicted octanol–water partition coefficient (Wildman–Crippen LogP) is 17.9. The SMILES string of the molecule is CCCCC/C=C\C/C=C\CCCCCCCCCCCC(=O)OCCCCCCCCCCCC(=O)NC(CO)C(O)CCCCCCCCCCCCCCCCCCCCCC. The molecule has 6 heteroatoms. The fourth-order valence-electron chi connectivity index (χ4n) is 9.02. The highest BCUT2D eigenvalue weighted by Crippen LogP contribution is 2.17. The molecule has 0 aromatic heterocycles. The van der Waals surface area contributed by atoms with Crippen molar-refractivity contribution < 1.29 is 24.5 Å². The number of hydrogen-bond donors (Lipinski definition) is 3. The van der Waals surface area contributed by atoms with E-state index >= 15 is 0 Å². The van der Waals surface area contributed by atoms with Crippen molar-refractivity contribution in [3.05, 3.63) is 24.3 Å². The minimum absolute atomic E-state index is 0.0278. The second-order valence-corrected chi connectivity index (χ2v) is 20.0. The molecule has 1 amide bonds. The molecule has 384 valence electrons. The molecular formula is C59H113NO5. The molecule has 0 spiro atoms. The zero-order valence-electron chi connectivity index (χ0n) is 43.7. The largest absolute Gasteiger partial charge is 0.466 e. The van der Waals surface area contributed by atoms with Crippen LogP contribution in [0.5, 0.6) is 0 Å². The number of nitrogens with one attached hydrogen (secondary N) is 1. The molecule has 0 bridgehead atoms. The smallest absolute Gasteiger partial charge is 0.305 e. The van der Waals surface area contributed by atoms with Crippen molar-refractivity contribution in [3.63, 3.8) is 0 Å². The first-order valence-electron chi connectivity index (χ1n) is 29.1. The summed E-state index contributed by atoms with van der Waals surface area (Å²) in [6, 6.07) is -0.563. The first-order chi connectivity index (χ1) is 32.0. The number of amides is 1. The third-order valence-corrected chi connectivity index (χ3v) is 13.5. The summed E-state index contributed by atoms with van der Waals surface area (Å²) < 4.78 is 5.47. The predicted molar refractivity (Wildman–Crippen MR) is 283 cm³/mol. The van der Waals surface area contributed by atoms with E-state index in [0.29, 0.717) is 25.9 Å². The maximum absolute atomic E-state index is 12.5. The number of aliphatic hydroxyl groups is 2. The van der Waals surface area contributed by atoms with Crippen LogP contribution in [0.1, 0.15) is 316 Å². The maximum atomic E-state index is 12.5. The lowest BCUT2D eigenvalue weighted by Gasteiger charge is -2.22. The summed E-state index contributed by atoms with van der Waals surface area (Å²) in [6.45, 7) is 4.88. The Balaban J connectivity index is 3.47. The molecule has 0 saturated carbocycles. The van der Waals surface area contributed by atoms with E-state index in [1.165, 1.54) is 218 Å². The van der Waals surface area contributed by atoms with Crippen LogP contribution in [-0.4, -0.2) is 47.4 Å². The molecule has 0 aliphatic heterocycles. The van der Waals surface area contributed by atoms with Crippen molar-refractivity contribution in [1.29, 1.82) is 0 Å². The number of carbonyl (C=O) groups is 2. The topological polar surface area (TPSA) is 95.9 Å². The van der Waals surface area contributed by atoms with Gasteiger partial charge in [-0.1, -0.05) is 269 Å². The number of esters is 1. The van der Waals surface area contributed by atoms with Gasteiger partial charge in [-0.15, -0.1) is 0 Å². The number of allylic oxidation sites excluding steroid dienone is 4. The zero-order valence-corrected chi connectivity index (χ0v) is 43.7. The molecule has 0 aliphatic rings. The van der Waals surface area contributed by atoms with Crippen LogP contribution >= 0.6 is 0 Å². The molecule has 3 N–H and O–H groups in total.